The third-order valence-corrected chi connectivity index (χ3v) is 5.55. The maximum atomic E-state index is 14.1. The Kier molecular flexibility index (Phi) is 4.74. The van der Waals surface area contributed by atoms with Crippen LogP contribution in [0, 0.1) is 5.82 Å². The van der Waals surface area contributed by atoms with Gasteiger partial charge in [0.1, 0.15) is 10.7 Å². The number of benzene rings is 2. The Hall–Kier alpha value is -2.44. The Morgan fingerprint density at radius 2 is 1.72 bits per heavy atom. The Labute approximate surface area is 148 Å². The van der Waals surface area contributed by atoms with E-state index < -0.39 is 31.9 Å². The summed E-state index contributed by atoms with van der Waals surface area (Å²) in [5.74, 6) is -1.29. The Morgan fingerprint density at radius 3 is 2.44 bits per heavy atom. The maximum absolute atomic E-state index is 14.1. The summed E-state index contributed by atoms with van der Waals surface area (Å²) in [5.41, 5.74) is 0.721. The Balaban J connectivity index is 2.03. The van der Waals surface area contributed by atoms with Gasteiger partial charge in [0.25, 0.3) is 5.56 Å². The smallest absolute Gasteiger partial charge is 0.266 e. The van der Waals surface area contributed by atoms with E-state index >= 15 is 0 Å². The Bertz CT molecular complexity index is 1080. The number of nitrogens with one attached hydrogen (secondary N) is 1. The van der Waals surface area contributed by atoms with Crippen LogP contribution in [0.2, 0.25) is 5.02 Å². The first-order valence-corrected chi connectivity index (χ1v) is 9.35. The molecule has 1 heterocycles. The second-order valence-electron chi connectivity index (χ2n) is 5.44. The molecule has 0 atom stereocenters. The molecular formula is C18H13ClFNO3S. The highest BCUT2D eigenvalue weighted by Crippen LogP contribution is 2.24. The van der Waals surface area contributed by atoms with Crippen LogP contribution in [0.4, 0.5) is 4.39 Å². The number of pyridine rings is 1. The predicted molar refractivity (Wildman–Crippen MR) is 94.8 cm³/mol. The first-order chi connectivity index (χ1) is 11.9. The first kappa shape index (κ1) is 17.4. The van der Waals surface area contributed by atoms with Crippen LogP contribution in [-0.2, 0) is 15.6 Å². The van der Waals surface area contributed by atoms with E-state index in [2.05, 4.69) is 4.98 Å². The van der Waals surface area contributed by atoms with Gasteiger partial charge in [-0.25, -0.2) is 12.8 Å². The van der Waals surface area contributed by atoms with Crippen LogP contribution in [0.25, 0.3) is 11.1 Å². The summed E-state index contributed by atoms with van der Waals surface area (Å²) in [6.45, 7) is 0. The van der Waals surface area contributed by atoms with Crippen LogP contribution in [0.5, 0.6) is 0 Å². The van der Waals surface area contributed by atoms with E-state index in [1.165, 1.54) is 18.3 Å². The molecule has 0 unspecified atom stereocenters. The van der Waals surface area contributed by atoms with Crippen molar-refractivity contribution in [2.45, 2.75) is 10.6 Å². The zero-order valence-electron chi connectivity index (χ0n) is 12.9. The van der Waals surface area contributed by atoms with Crippen LogP contribution in [-0.4, -0.2) is 13.4 Å². The number of H-pyrrole nitrogens is 1. The summed E-state index contributed by atoms with van der Waals surface area (Å²) in [5, 5.41) is 0.0803. The SMILES string of the molecule is O=c1[nH]cc(Cl)cc1S(=O)(=O)Cc1cc(-c2ccccc2)ccc1F. The van der Waals surface area contributed by atoms with Crippen molar-refractivity contribution in [1.82, 2.24) is 4.98 Å². The zero-order valence-corrected chi connectivity index (χ0v) is 14.4. The number of hydrogen-bond acceptors (Lipinski definition) is 3. The van der Waals surface area contributed by atoms with Gasteiger partial charge >= 0.3 is 0 Å². The van der Waals surface area contributed by atoms with Gasteiger partial charge < -0.3 is 4.98 Å². The van der Waals surface area contributed by atoms with E-state index in [4.69, 9.17) is 11.6 Å². The monoisotopic (exact) mass is 377 g/mol. The lowest BCUT2D eigenvalue weighted by Crippen LogP contribution is -2.18. The quantitative estimate of drug-likeness (QED) is 0.751. The molecule has 25 heavy (non-hydrogen) atoms. The number of rotatable bonds is 4. The fourth-order valence-electron chi connectivity index (χ4n) is 2.45. The molecule has 0 saturated carbocycles. The molecular weight excluding hydrogens is 365 g/mol. The molecule has 2 aromatic carbocycles. The van der Waals surface area contributed by atoms with Gasteiger partial charge in [-0.2, -0.15) is 0 Å². The van der Waals surface area contributed by atoms with E-state index in [9.17, 15) is 17.6 Å². The second kappa shape index (κ2) is 6.82. The molecule has 4 nitrogen and oxygen atoms in total. The van der Waals surface area contributed by atoms with Crippen LogP contribution >= 0.6 is 11.6 Å². The zero-order chi connectivity index (χ0) is 18.0. The van der Waals surface area contributed by atoms with Crippen LogP contribution in [0.1, 0.15) is 5.56 Å². The topological polar surface area (TPSA) is 67.0 Å². The molecule has 0 amide bonds. The van der Waals surface area contributed by atoms with Crippen molar-refractivity contribution < 1.29 is 12.8 Å². The fourth-order valence-corrected chi connectivity index (χ4v) is 4.11. The molecule has 128 valence electrons. The summed E-state index contributed by atoms with van der Waals surface area (Å²) in [6, 6.07) is 14.5. The van der Waals surface area contributed by atoms with Gasteiger partial charge in [0.15, 0.2) is 9.84 Å². The molecule has 1 aromatic heterocycles. The molecule has 0 aliphatic rings. The number of halogens is 2. The molecule has 3 rings (SSSR count). The first-order valence-electron chi connectivity index (χ1n) is 7.32. The van der Waals surface area contributed by atoms with E-state index in [1.807, 2.05) is 30.3 Å². The predicted octanol–water partition coefficient (Wildman–Crippen LogP) is 3.81. The highest BCUT2D eigenvalue weighted by atomic mass is 35.5. The lowest BCUT2D eigenvalue weighted by atomic mass is 10.0. The maximum Gasteiger partial charge on any atom is 0.266 e. The van der Waals surface area contributed by atoms with Gasteiger partial charge in [0.05, 0.1) is 10.8 Å². The Morgan fingerprint density at radius 1 is 1.00 bits per heavy atom. The minimum Gasteiger partial charge on any atom is -0.326 e. The molecule has 0 fully saturated rings. The van der Waals surface area contributed by atoms with E-state index in [1.54, 1.807) is 6.07 Å². The van der Waals surface area contributed by atoms with Crippen LogP contribution < -0.4 is 5.56 Å². The molecule has 3 aromatic rings. The normalized spacial score (nSPS) is 11.4. The molecule has 0 aliphatic carbocycles. The fraction of sp³-hybridized carbons (Fsp3) is 0.0556. The summed E-state index contributed by atoms with van der Waals surface area (Å²) in [6.07, 6.45) is 1.19. The number of sulfone groups is 1. The molecule has 0 bridgehead atoms. The van der Waals surface area contributed by atoms with Gasteiger partial charge in [0, 0.05) is 11.8 Å². The van der Waals surface area contributed by atoms with Crippen molar-refractivity contribution in [3.63, 3.8) is 0 Å². The van der Waals surface area contributed by atoms with Crippen molar-refractivity contribution in [3.8, 4) is 11.1 Å². The highest BCUT2D eigenvalue weighted by molar-refractivity contribution is 7.90. The average Bonchev–Trinajstić information content (AvgIpc) is 2.59. The summed E-state index contributed by atoms with van der Waals surface area (Å²) in [4.78, 5) is 13.6. The average molecular weight is 378 g/mol. The number of aromatic nitrogens is 1. The minimum absolute atomic E-state index is 0.0132. The molecule has 0 spiro atoms. The van der Waals surface area contributed by atoms with Crippen LogP contribution in [0.15, 0.2) is 70.5 Å². The van der Waals surface area contributed by atoms with Gasteiger partial charge in [-0.05, 0) is 29.3 Å². The number of aromatic amines is 1. The van der Waals surface area contributed by atoms with Gasteiger partial charge in [0.2, 0.25) is 0 Å². The minimum atomic E-state index is -4.06. The second-order valence-corrected chi connectivity index (χ2v) is 7.84. The van der Waals surface area contributed by atoms with Gasteiger partial charge in [-0.3, -0.25) is 4.79 Å². The van der Waals surface area contributed by atoms with Gasteiger partial charge in [-0.1, -0.05) is 48.0 Å². The molecule has 1 N–H and O–H groups in total. The highest BCUT2D eigenvalue weighted by Gasteiger charge is 2.22. The largest absolute Gasteiger partial charge is 0.326 e. The van der Waals surface area contributed by atoms with Crippen LogP contribution in [0.3, 0.4) is 0 Å². The van der Waals surface area contributed by atoms with E-state index in [0.29, 0.717) is 5.56 Å². The van der Waals surface area contributed by atoms with Gasteiger partial charge in [-0.15, -0.1) is 0 Å². The summed E-state index contributed by atoms with van der Waals surface area (Å²) >= 11 is 5.75. The summed E-state index contributed by atoms with van der Waals surface area (Å²) < 4.78 is 39.2. The summed E-state index contributed by atoms with van der Waals surface area (Å²) in [7, 11) is -4.06. The lowest BCUT2D eigenvalue weighted by molar-refractivity contribution is 0.586. The molecule has 0 saturated heterocycles. The van der Waals surface area contributed by atoms with E-state index in [-0.39, 0.29) is 10.6 Å². The molecule has 0 aliphatic heterocycles. The molecule has 7 heteroatoms. The van der Waals surface area contributed by atoms with Crippen molar-refractivity contribution in [1.29, 1.82) is 0 Å². The van der Waals surface area contributed by atoms with Crippen molar-refractivity contribution in [2.75, 3.05) is 0 Å². The van der Waals surface area contributed by atoms with Crippen molar-refractivity contribution >= 4 is 21.4 Å². The standard InChI is InChI=1S/C18H13ClFNO3S/c19-15-9-17(18(22)21-10-15)25(23,24)11-14-8-13(6-7-16(14)20)12-4-2-1-3-5-12/h1-10H,11H2,(H,21,22). The van der Waals surface area contributed by atoms with Crippen molar-refractivity contribution in [3.05, 3.63) is 87.6 Å². The lowest BCUT2D eigenvalue weighted by Gasteiger charge is -2.08. The van der Waals surface area contributed by atoms with Crippen molar-refractivity contribution in [2.24, 2.45) is 0 Å². The van der Waals surface area contributed by atoms with E-state index in [0.717, 1.165) is 11.6 Å². The third-order valence-electron chi connectivity index (χ3n) is 3.67. The molecule has 0 radical (unpaired) electrons. The number of hydrogen-bond donors (Lipinski definition) is 1. The third kappa shape index (κ3) is 3.81.